The van der Waals surface area contributed by atoms with Crippen molar-refractivity contribution in [1.82, 2.24) is 19.9 Å². The van der Waals surface area contributed by atoms with E-state index < -0.39 is 5.60 Å². The molecule has 1 aliphatic rings. The van der Waals surface area contributed by atoms with E-state index in [9.17, 15) is 9.90 Å². The van der Waals surface area contributed by atoms with E-state index in [4.69, 9.17) is 17.0 Å². The molecule has 0 amide bonds. The number of nitrogens with zero attached hydrogens (tertiary/aromatic N) is 4. The SMILES string of the molecule is CC(C)(O)c1sc(=S)sc1-c1cnc2c(=O)[nH]c(N3CCOCC3)nc2n1. The van der Waals surface area contributed by atoms with Crippen LogP contribution in [0.25, 0.3) is 21.7 Å². The molecular weight excluding hydrogens is 406 g/mol. The van der Waals surface area contributed by atoms with E-state index in [1.165, 1.54) is 28.9 Å². The van der Waals surface area contributed by atoms with Crippen molar-refractivity contribution in [3.63, 3.8) is 0 Å². The minimum absolute atomic E-state index is 0.180. The number of rotatable bonds is 3. The Morgan fingerprint density at radius 2 is 2.04 bits per heavy atom. The van der Waals surface area contributed by atoms with E-state index in [0.29, 0.717) is 41.1 Å². The molecule has 1 aliphatic heterocycles. The van der Waals surface area contributed by atoms with E-state index in [2.05, 4.69) is 19.9 Å². The molecule has 3 aromatic rings. The zero-order valence-electron chi connectivity index (χ0n) is 14.7. The highest BCUT2D eigenvalue weighted by Crippen LogP contribution is 2.39. The average Bonchev–Trinajstić information content (AvgIpc) is 3.04. The van der Waals surface area contributed by atoms with Crippen LogP contribution in [0.5, 0.6) is 0 Å². The first kappa shape index (κ1) is 18.6. The topological polar surface area (TPSA) is 104 Å². The maximum Gasteiger partial charge on any atom is 0.280 e. The van der Waals surface area contributed by atoms with Crippen LogP contribution in [0.4, 0.5) is 5.95 Å². The fourth-order valence-corrected chi connectivity index (χ4v) is 5.53. The Morgan fingerprint density at radius 1 is 1.30 bits per heavy atom. The minimum atomic E-state index is -1.05. The zero-order chi connectivity index (χ0) is 19.2. The van der Waals surface area contributed by atoms with Gasteiger partial charge in [0.15, 0.2) is 11.2 Å². The van der Waals surface area contributed by atoms with Gasteiger partial charge in [-0.15, -0.1) is 22.7 Å². The second-order valence-electron chi connectivity index (χ2n) is 6.59. The Hall–Kier alpha value is -1.79. The summed E-state index contributed by atoms with van der Waals surface area (Å²) in [6, 6.07) is 0. The fraction of sp³-hybridized carbons (Fsp3) is 0.438. The predicted octanol–water partition coefficient (Wildman–Crippen LogP) is 2.30. The third-order valence-corrected chi connectivity index (χ3v) is 7.07. The van der Waals surface area contributed by atoms with Crippen molar-refractivity contribution >= 4 is 52.0 Å². The molecule has 0 radical (unpaired) electrons. The van der Waals surface area contributed by atoms with Gasteiger partial charge in [-0.3, -0.25) is 9.78 Å². The van der Waals surface area contributed by atoms with Crippen LogP contribution in [-0.2, 0) is 10.3 Å². The van der Waals surface area contributed by atoms with Crippen molar-refractivity contribution in [2.75, 3.05) is 31.2 Å². The highest BCUT2D eigenvalue weighted by Gasteiger charge is 2.25. The number of nitrogens with one attached hydrogen (secondary N) is 1. The van der Waals surface area contributed by atoms with Crippen LogP contribution in [0.2, 0.25) is 0 Å². The van der Waals surface area contributed by atoms with Crippen molar-refractivity contribution in [1.29, 1.82) is 0 Å². The largest absolute Gasteiger partial charge is 0.385 e. The minimum Gasteiger partial charge on any atom is -0.385 e. The molecule has 142 valence electrons. The van der Waals surface area contributed by atoms with Crippen molar-refractivity contribution < 1.29 is 9.84 Å². The summed E-state index contributed by atoms with van der Waals surface area (Å²) in [5.74, 6) is 0.461. The summed E-state index contributed by atoms with van der Waals surface area (Å²) in [5.41, 5.74) is -0.391. The number of H-pyrrole nitrogens is 1. The third-order valence-electron chi connectivity index (χ3n) is 4.08. The van der Waals surface area contributed by atoms with Gasteiger partial charge >= 0.3 is 0 Å². The summed E-state index contributed by atoms with van der Waals surface area (Å²) in [5, 5.41) is 10.4. The van der Waals surface area contributed by atoms with Gasteiger partial charge < -0.3 is 14.7 Å². The van der Waals surface area contributed by atoms with E-state index in [0.717, 1.165) is 9.75 Å². The predicted molar refractivity (Wildman–Crippen MR) is 108 cm³/mol. The van der Waals surface area contributed by atoms with Crippen molar-refractivity contribution in [3.8, 4) is 10.6 Å². The number of aromatic amines is 1. The maximum atomic E-state index is 12.4. The molecule has 2 N–H and O–H groups in total. The lowest BCUT2D eigenvalue weighted by molar-refractivity contribution is 0.0832. The first-order valence-corrected chi connectivity index (χ1v) is 10.3. The maximum absolute atomic E-state index is 12.4. The average molecular weight is 424 g/mol. The van der Waals surface area contributed by atoms with Gasteiger partial charge in [0.05, 0.1) is 34.8 Å². The molecule has 1 saturated heterocycles. The van der Waals surface area contributed by atoms with Crippen LogP contribution in [0.3, 0.4) is 0 Å². The molecule has 0 aromatic carbocycles. The number of aliphatic hydroxyl groups is 1. The summed E-state index contributed by atoms with van der Waals surface area (Å²) in [6.07, 6.45) is 1.52. The molecule has 0 bridgehead atoms. The Labute approximate surface area is 167 Å². The fourth-order valence-electron chi connectivity index (χ4n) is 2.79. The number of aromatic nitrogens is 4. The Kier molecular flexibility index (Phi) is 4.80. The number of anilines is 1. The summed E-state index contributed by atoms with van der Waals surface area (Å²) in [6.45, 7) is 5.88. The molecule has 3 aromatic heterocycles. The Balaban J connectivity index is 1.85. The smallest absolute Gasteiger partial charge is 0.280 e. The zero-order valence-corrected chi connectivity index (χ0v) is 17.1. The van der Waals surface area contributed by atoms with Crippen LogP contribution in [0.15, 0.2) is 11.0 Å². The lowest BCUT2D eigenvalue weighted by Crippen LogP contribution is -2.38. The van der Waals surface area contributed by atoms with Gasteiger partial charge in [-0.25, -0.2) is 9.97 Å². The molecule has 27 heavy (non-hydrogen) atoms. The van der Waals surface area contributed by atoms with Gasteiger partial charge in [0.2, 0.25) is 5.95 Å². The lowest BCUT2D eigenvalue weighted by Gasteiger charge is -2.27. The van der Waals surface area contributed by atoms with Gasteiger partial charge in [0.25, 0.3) is 5.56 Å². The number of morpholine rings is 1. The molecule has 4 heterocycles. The lowest BCUT2D eigenvalue weighted by atomic mass is 10.1. The summed E-state index contributed by atoms with van der Waals surface area (Å²) >= 11 is 8.03. The van der Waals surface area contributed by atoms with Gasteiger partial charge in [0, 0.05) is 13.1 Å². The molecule has 0 spiro atoms. The van der Waals surface area contributed by atoms with Crippen LogP contribution in [0.1, 0.15) is 18.7 Å². The molecule has 0 saturated carbocycles. The van der Waals surface area contributed by atoms with E-state index >= 15 is 0 Å². The van der Waals surface area contributed by atoms with Gasteiger partial charge in [0.1, 0.15) is 8.83 Å². The molecular formula is C16H17N5O3S3. The highest BCUT2D eigenvalue weighted by atomic mass is 32.2. The summed E-state index contributed by atoms with van der Waals surface area (Å²) in [4.78, 5) is 31.9. The first-order valence-electron chi connectivity index (χ1n) is 8.30. The Bertz CT molecular complexity index is 1110. The van der Waals surface area contributed by atoms with E-state index in [1.54, 1.807) is 13.8 Å². The second kappa shape index (κ2) is 6.99. The molecule has 11 heteroatoms. The molecule has 0 atom stereocenters. The van der Waals surface area contributed by atoms with Crippen molar-refractivity contribution in [3.05, 3.63) is 24.6 Å². The summed E-state index contributed by atoms with van der Waals surface area (Å²) < 4.78 is 6.03. The first-order chi connectivity index (χ1) is 12.8. The molecule has 0 aliphatic carbocycles. The van der Waals surface area contributed by atoms with Crippen molar-refractivity contribution in [2.45, 2.75) is 19.4 Å². The van der Waals surface area contributed by atoms with Crippen LogP contribution in [-0.4, -0.2) is 51.3 Å². The van der Waals surface area contributed by atoms with E-state index in [1.807, 2.05) is 4.90 Å². The van der Waals surface area contributed by atoms with E-state index in [-0.39, 0.29) is 16.7 Å². The Morgan fingerprint density at radius 3 is 2.74 bits per heavy atom. The monoisotopic (exact) mass is 423 g/mol. The quantitative estimate of drug-likeness (QED) is 0.619. The van der Waals surface area contributed by atoms with Crippen LogP contribution < -0.4 is 10.5 Å². The van der Waals surface area contributed by atoms with Gasteiger partial charge in [-0.2, -0.15) is 4.98 Å². The molecule has 0 unspecified atom stereocenters. The van der Waals surface area contributed by atoms with Gasteiger partial charge in [-0.05, 0) is 13.8 Å². The number of hydrogen-bond acceptors (Lipinski definition) is 10. The summed E-state index contributed by atoms with van der Waals surface area (Å²) in [7, 11) is 0. The van der Waals surface area contributed by atoms with Gasteiger partial charge in [-0.1, -0.05) is 12.2 Å². The molecule has 4 rings (SSSR count). The number of ether oxygens (including phenoxy) is 1. The number of hydrogen-bond donors (Lipinski definition) is 2. The molecule has 8 nitrogen and oxygen atoms in total. The van der Waals surface area contributed by atoms with Crippen LogP contribution in [0, 0.1) is 3.14 Å². The standard InChI is InChI=1S/C16H17N5O3S3/c1-16(2,23)11-10(26-15(25)27-11)8-7-17-9-12(18-8)19-14(20-13(9)22)21-3-5-24-6-4-21/h7,23H,3-6H2,1-2H3,(H,18,19,20,22). The second-order valence-corrected chi connectivity index (χ2v) is 9.81. The van der Waals surface area contributed by atoms with Crippen LogP contribution >= 0.6 is 34.9 Å². The third kappa shape index (κ3) is 3.65. The van der Waals surface area contributed by atoms with Crippen molar-refractivity contribution in [2.24, 2.45) is 0 Å². The number of fused-ring (bicyclic) bond motifs is 1. The molecule has 1 fully saturated rings. The highest BCUT2D eigenvalue weighted by molar-refractivity contribution is 7.76. The normalized spacial score (nSPS) is 15.4.